The highest BCUT2D eigenvalue weighted by atomic mass is 16.6. The lowest BCUT2D eigenvalue weighted by atomic mass is 10.2. The molecule has 1 aromatic carbocycles. The molecule has 2 amide bonds. The Hall–Kier alpha value is -3.13. The van der Waals surface area contributed by atoms with Crippen LogP contribution in [0.25, 0.3) is 0 Å². The van der Waals surface area contributed by atoms with Crippen LogP contribution in [0.4, 0.5) is 16.2 Å². The number of rotatable bonds is 8. The van der Waals surface area contributed by atoms with Crippen molar-refractivity contribution in [3.8, 4) is 0 Å². The lowest BCUT2D eigenvalue weighted by Gasteiger charge is -2.28. The summed E-state index contributed by atoms with van der Waals surface area (Å²) in [4.78, 5) is 32.2. The van der Waals surface area contributed by atoms with Crippen molar-refractivity contribution in [2.45, 2.75) is 32.9 Å². The van der Waals surface area contributed by atoms with Crippen molar-refractivity contribution in [1.82, 2.24) is 9.88 Å². The minimum absolute atomic E-state index is 0.366. The normalized spacial score (nSPS) is 11.3. The van der Waals surface area contributed by atoms with E-state index in [0.717, 1.165) is 17.9 Å². The minimum atomic E-state index is -0.588. The fourth-order valence-corrected chi connectivity index (χ4v) is 2.73. The zero-order chi connectivity index (χ0) is 22.3. The molecule has 0 atom stereocenters. The number of likely N-dealkylation sites (N-methyl/N-ethyl adjacent to an activating group) is 1. The Bertz CT molecular complexity index is 860. The SMILES string of the molecule is CN(C)CCN(Cc1ccc(C(N)=O)cn1)c1ccccc1NC(=O)OC(C)(C)C. The number of hydrogen-bond donors (Lipinski definition) is 2. The summed E-state index contributed by atoms with van der Waals surface area (Å²) in [6, 6.07) is 11.0. The Balaban J connectivity index is 2.27. The highest BCUT2D eigenvalue weighted by molar-refractivity contribution is 5.92. The number of aromatic nitrogens is 1. The highest BCUT2D eigenvalue weighted by Crippen LogP contribution is 2.27. The summed E-state index contributed by atoms with van der Waals surface area (Å²) in [6.45, 7) is 7.48. The smallest absolute Gasteiger partial charge is 0.412 e. The van der Waals surface area contributed by atoms with Gasteiger partial charge in [0, 0.05) is 19.3 Å². The van der Waals surface area contributed by atoms with Gasteiger partial charge < -0.3 is 20.3 Å². The molecule has 0 saturated carbocycles. The van der Waals surface area contributed by atoms with E-state index in [0.29, 0.717) is 24.3 Å². The Morgan fingerprint density at radius 3 is 2.37 bits per heavy atom. The Kier molecular flexibility index (Phi) is 7.77. The number of amides is 2. The molecule has 0 radical (unpaired) electrons. The second kappa shape index (κ2) is 10.1. The van der Waals surface area contributed by atoms with Crippen LogP contribution in [0, 0.1) is 0 Å². The first kappa shape index (κ1) is 23.2. The number of carbonyl (C=O) groups is 2. The van der Waals surface area contributed by atoms with Crippen LogP contribution in [-0.2, 0) is 11.3 Å². The Morgan fingerprint density at radius 1 is 1.10 bits per heavy atom. The second-order valence-corrected chi connectivity index (χ2v) is 8.27. The van der Waals surface area contributed by atoms with Crippen molar-refractivity contribution in [2.24, 2.45) is 5.73 Å². The molecule has 1 aromatic heterocycles. The van der Waals surface area contributed by atoms with E-state index in [-0.39, 0.29) is 0 Å². The van der Waals surface area contributed by atoms with Gasteiger partial charge in [0.05, 0.1) is 29.2 Å². The second-order valence-electron chi connectivity index (χ2n) is 8.27. The predicted molar refractivity (Wildman–Crippen MR) is 119 cm³/mol. The summed E-state index contributed by atoms with van der Waals surface area (Å²) in [6.07, 6.45) is 0.971. The van der Waals surface area contributed by atoms with Crippen LogP contribution in [-0.4, -0.2) is 54.7 Å². The number of nitrogens with zero attached hydrogens (tertiary/aromatic N) is 3. The number of anilines is 2. The van der Waals surface area contributed by atoms with Crippen molar-refractivity contribution in [1.29, 1.82) is 0 Å². The maximum Gasteiger partial charge on any atom is 0.412 e. The van der Waals surface area contributed by atoms with E-state index >= 15 is 0 Å². The summed E-state index contributed by atoms with van der Waals surface area (Å²) in [5.74, 6) is -0.509. The van der Waals surface area contributed by atoms with Crippen LogP contribution in [0.15, 0.2) is 42.6 Å². The largest absolute Gasteiger partial charge is 0.444 e. The molecule has 1 heterocycles. The van der Waals surface area contributed by atoms with Crippen LogP contribution in [0.2, 0.25) is 0 Å². The number of nitrogens with two attached hydrogens (primary N) is 1. The quantitative estimate of drug-likeness (QED) is 0.690. The monoisotopic (exact) mass is 413 g/mol. The summed E-state index contributed by atoms with van der Waals surface area (Å²) in [5.41, 5.74) is 7.37. The molecular weight excluding hydrogens is 382 g/mol. The van der Waals surface area contributed by atoms with Gasteiger partial charge in [-0.2, -0.15) is 0 Å². The number of pyridine rings is 1. The highest BCUT2D eigenvalue weighted by Gasteiger charge is 2.19. The van der Waals surface area contributed by atoms with Gasteiger partial charge in [0.25, 0.3) is 0 Å². The van der Waals surface area contributed by atoms with Gasteiger partial charge >= 0.3 is 6.09 Å². The van der Waals surface area contributed by atoms with Crippen molar-refractivity contribution in [3.63, 3.8) is 0 Å². The number of carbonyl (C=O) groups excluding carboxylic acids is 2. The lowest BCUT2D eigenvalue weighted by Crippen LogP contribution is -2.33. The van der Waals surface area contributed by atoms with E-state index in [4.69, 9.17) is 10.5 Å². The van der Waals surface area contributed by atoms with Gasteiger partial charge in [0.2, 0.25) is 5.91 Å². The maximum absolute atomic E-state index is 12.3. The maximum atomic E-state index is 12.3. The van der Waals surface area contributed by atoms with Crippen molar-refractivity contribution in [2.75, 3.05) is 37.4 Å². The first-order chi connectivity index (χ1) is 14.0. The molecule has 0 aliphatic carbocycles. The fraction of sp³-hybridized carbons (Fsp3) is 0.409. The fourth-order valence-electron chi connectivity index (χ4n) is 2.73. The molecule has 2 aromatic rings. The van der Waals surface area contributed by atoms with Gasteiger partial charge in [-0.15, -0.1) is 0 Å². The predicted octanol–water partition coefficient (Wildman–Crippen LogP) is 3.10. The summed E-state index contributed by atoms with van der Waals surface area (Å²) < 4.78 is 5.40. The van der Waals surface area contributed by atoms with E-state index in [1.54, 1.807) is 12.1 Å². The third kappa shape index (κ3) is 7.36. The van der Waals surface area contributed by atoms with Gasteiger partial charge in [-0.25, -0.2) is 4.79 Å². The summed E-state index contributed by atoms with van der Waals surface area (Å²) >= 11 is 0. The van der Waals surface area contributed by atoms with E-state index in [1.165, 1.54) is 6.20 Å². The molecule has 2 rings (SSSR count). The van der Waals surface area contributed by atoms with Crippen LogP contribution in [0.5, 0.6) is 0 Å². The number of hydrogen-bond acceptors (Lipinski definition) is 6. The van der Waals surface area contributed by atoms with Crippen LogP contribution in [0.3, 0.4) is 0 Å². The van der Waals surface area contributed by atoms with Crippen LogP contribution < -0.4 is 16.0 Å². The molecule has 0 unspecified atom stereocenters. The third-order valence-corrected chi connectivity index (χ3v) is 4.16. The van der Waals surface area contributed by atoms with E-state index in [9.17, 15) is 9.59 Å². The molecule has 30 heavy (non-hydrogen) atoms. The first-order valence-corrected chi connectivity index (χ1v) is 9.78. The standard InChI is InChI=1S/C22H31N5O3/c1-22(2,3)30-21(29)25-18-8-6-7-9-19(18)27(13-12-26(4)5)15-17-11-10-16(14-24-17)20(23)28/h6-11,14H,12-13,15H2,1-5H3,(H2,23,28)(H,25,29). The Labute approximate surface area is 178 Å². The van der Waals surface area contributed by atoms with Crippen molar-refractivity contribution < 1.29 is 14.3 Å². The summed E-state index contributed by atoms with van der Waals surface area (Å²) in [5, 5.41) is 2.85. The zero-order valence-electron chi connectivity index (χ0n) is 18.3. The van der Waals surface area contributed by atoms with E-state index in [2.05, 4.69) is 20.1 Å². The lowest BCUT2D eigenvalue weighted by molar-refractivity contribution is 0.0635. The van der Waals surface area contributed by atoms with Gasteiger partial charge in [0.15, 0.2) is 0 Å². The van der Waals surface area contributed by atoms with Gasteiger partial charge in [-0.1, -0.05) is 12.1 Å². The molecule has 0 bridgehead atoms. The molecule has 0 aliphatic heterocycles. The molecule has 0 saturated heterocycles. The zero-order valence-corrected chi connectivity index (χ0v) is 18.3. The average molecular weight is 414 g/mol. The van der Waals surface area contributed by atoms with Gasteiger partial charge in [0.1, 0.15) is 5.60 Å². The van der Waals surface area contributed by atoms with Gasteiger partial charge in [-0.05, 0) is 59.1 Å². The van der Waals surface area contributed by atoms with Crippen molar-refractivity contribution in [3.05, 3.63) is 53.9 Å². The first-order valence-electron chi connectivity index (χ1n) is 9.78. The number of ether oxygens (including phenoxy) is 1. The van der Waals surface area contributed by atoms with Crippen LogP contribution in [0.1, 0.15) is 36.8 Å². The summed E-state index contributed by atoms with van der Waals surface area (Å²) in [7, 11) is 4.01. The number of primary amides is 1. The molecule has 3 N–H and O–H groups in total. The van der Waals surface area contributed by atoms with Crippen LogP contribution >= 0.6 is 0 Å². The third-order valence-electron chi connectivity index (χ3n) is 4.16. The molecule has 8 nitrogen and oxygen atoms in total. The van der Waals surface area contributed by atoms with Crippen molar-refractivity contribution >= 4 is 23.4 Å². The molecular formula is C22H31N5O3. The molecule has 0 fully saturated rings. The van der Waals surface area contributed by atoms with E-state index < -0.39 is 17.6 Å². The molecule has 0 aliphatic rings. The Morgan fingerprint density at radius 2 is 1.80 bits per heavy atom. The topological polar surface area (TPSA) is 101 Å². The molecule has 0 spiro atoms. The molecule has 162 valence electrons. The number of para-hydroxylation sites is 2. The van der Waals surface area contributed by atoms with Gasteiger partial charge in [-0.3, -0.25) is 15.1 Å². The minimum Gasteiger partial charge on any atom is -0.444 e. The number of nitrogens with one attached hydrogen (secondary N) is 1. The van der Waals surface area contributed by atoms with E-state index in [1.807, 2.05) is 59.1 Å². The molecule has 8 heteroatoms. The number of benzene rings is 1. The average Bonchev–Trinajstić information content (AvgIpc) is 2.64.